The van der Waals surface area contributed by atoms with Gasteiger partial charge < -0.3 is 10.1 Å². The molecule has 0 saturated carbocycles. The molecule has 1 N–H and O–H groups in total. The number of nitrogens with one attached hydrogen (secondary N) is 1. The molecule has 0 aliphatic carbocycles. The fourth-order valence-electron chi connectivity index (χ4n) is 1.30. The Balaban J connectivity index is 2.62. The fraction of sp³-hybridized carbons (Fsp3) is 0.583. The largest absolute Gasteiger partial charge is 0.380 e. The summed E-state index contributed by atoms with van der Waals surface area (Å²) in [6.45, 7) is 7.54. The Bertz CT molecular complexity index is 369. The van der Waals surface area contributed by atoms with E-state index in [0.717, 1.165) is 0 Å². The van der Waals surface area contributed by atoms with Gasteiger partial charge in [0.25, 0.3) is 0 Å². The third-order valence-electron chi connectivity index (χ3n) is 2.41. The van der Waals surface area contributed by atoms with Crippen LogP contribution in [0.1, 0.15) is 26.5 Å². The number of hydrogen-bond acceptors (Lipinski definition) is 5. The van der Waals surface area contributed by atoms with Crippen molar-refractivity contribution in [2.75, 3.05) is 18.5 Å². The average molecular weight is 234 g/mol. The number of aromatic nitrogens is 2. The van der Waals surface area contributed by atoms with Gasteiger partial charge in [0.1, 0.15) is 11.9 Å². The van der Waals surface area contributed by atoms with E-state index in [2.05, 4.69) is 29.1 Å². The highest BCUT2D eigenvalue weighted by molar-refractivity contribution is 5.34. The van der Waals surface area contributed by atoms with E-state index in [1.54, 1.807) is 6.20 Å². The Morgan fingerprint density at radius 1 is 1.41 bits per heavy atom. The van der Waals surface area contributed by atoms with Crippen molar-refractivity contribution in [1.82, 2.24) is 9.97 Å². The van der Waals surface area contributed by atoms with Crippen LogP contribution in [-0.4, -0.2) is 29.2 Å². The monoisotopic (exact) mass is 234 g/mol. The second kappa shape index (κ2) is 6.81. The van der Waals surface area contributed by atoms with Gasteiger partial charge in [-0.1, -0.05) is 13.8 Å². The molecule has 1 unspecified atom stereocenters. The van der Waals surface area contributed by atoms with Crippen molar-refractivity contribution in [3.63, 3.8) is 0 Å². The van der Waals surface area contributed by atoms with Crippen molar-refractivity contribution >= 4 is 5.82 Å². The molecule has 1 aromatic rings. The zero-order chi connectivity index (χ0) is 12.7. The molecule has 17 heavy (non-hydrogen) atoms. The van der Waals surface area contributed by atoms with E-state index in [4.69, 9.17) is 10.00 Å². The minimum Gasteiger partial charge on any atom is -0.380 e. The van der Waals surface area contributed by atoms with Crippen LogP contribution in [0.5, 0.6) is 0 Å². The lowest BCUT2D eigenvalue weighted by molar-refractivity contribution is 0.126. The van der Waals surface area contributed by atoms with Gasteiger partial charge in [-0.25, -0.2) is 9.97 Å². The molecule has 0 aliphatic heterocycles. The molecular weight excluding hydrogens is 216 g/mol. The molecule has 0 aromatic carbocycles. The normalized spacial score (nSPS) is 12.2. The van der Waals surface area contributed by atoms with Crippen molar-refractivity contribution in [2.45, 2.75) is 26.8 Å². The summed E-state index contributed by atoms with van der Waals surface area (Å²) in [5, 5.41) is 11.9. The molecule has 1 heterocycles. The second-order valence-electron chi connectivity index (χ2n) is 4.05. The van der Waals surface area contributed by atoms with Gasteiger partial charge >= 0.3 is 0 Å². The van der Waals surface area contributed by atoms with Crippen LogP contribution in [0, 0.1) is 17.2 Å². The first-order chi connectivity index (χ1) is 8.17. The van der Waals surface area contributed by atoms with E-state index in [9.17, 15) is 0 Å². The SMILES string of the molecule is CCOCC(Nc1cnc(C#N)cn1)C(C)C. The van der Waals surface area contributed by atoms with Crippen molar-refractivity contribution in [3.05, 3.63) is 18.1 Å². The van der Waals surface area contributed by atoms with Crippen molar-refractivity contribution < 1.29 is 4.74 Å². The zero-order valence-corrected chi connectivity index (χ0v) is 10.5. The first-order valence-corrected chi connectivity index (χ1v) is 5.73. The molecule has 0 amide bonds. The predicted octanol–water partition coefficient (Wildman–Crippen LogP) is 1.82. The van der Waals surface area contributed by atoms with Crippen LogP contribution in [-0.2, 0) is 4.74 Å². The Morgan fingerprint density at radius 3 is 2.65 bits per heavy atom. The van der Waals surface area contributed by atoms with Crippen LogP contribution in [0.3, 0.4) is 0 Å². The van der Waals surface area contributed by atoms with Gasteiger partial charge in [0.15, 0.2) is 5.69 Å². The molecule has 0 bridgehead atoms. The summed E-state index contributed by atoms with van der Waals surface area (Å²) in [5.41, 5.74) is 0.321. The van der Waals surface area contributed by atoms with Gasteiger partial charge in [0.05, 0.1) is 25.0 Å². The highest BCUT2D eigenvalue weighted by Gasteiger charge is 2.13. The van der Waals surface area contributed by atoms with Gasteiger partial charge in [-0.15, -0.1) is 0 Å². The molecule has 1 aromatic heterocycles. The lowest BCUT2D eigenvalue weighted by Gasteiger charge is -2.22. The molecule has 0 radical (unpaired) electrons. The standard InChI is InChI=1S/C12H18N4O/c1-4-17-8-11(9(2)3)16-12-7-14-10(5-13)6-15-12/h6-7,9,11H,4,8H2,1-3H3,(H,15,16). The summed E-state index contributed by atoms with van der Waals surface area (Å²) >= 11 is 0. The Hall–Kier alpha value is -1.67. The van der Waals surface area contributed by atoms with Crippen LogP contribution in [0.25, 0.3) is 0 Å². The topological polar surface area (TPSA) is 70.8 Å². The predicted molar refractivity (Wildman–Crippen MR) is 65.5 cm³/mol. The summed E-state index contributed by atoms with van der Waals surface area (Å²) in [6, 6.07) is 2.13. The van der Waals surface area contributed by atoms with E-state index < -0.39 is 0 Å². The maximum Gasteiger partial charge on any atom is 0.158 e. The van der Waals surface area contributed by atoms with E-state index in [1.807, 2.05) is 13.0 Å². The van der Waals surface area contributed by atoms with Crippen LogP contribution in [0.2, 0.25) is 0 Å². The number of rotatable bonds is 6. The summed E-state index contributed by atoms with van der Waals surface area (Å²) in [5.74, 6) is 1.10. The lowest BCUT2D eigenvalue weighted by atomic mass is 10.1. The molecule has 5 heteroatoms. The molecule has 0 aliphatic rings. The summed E-state index contributed by atoms with van der Waals surface area (Å²) in [4.78, 5) is 8.09. The van der Waals surface area contributed by atoms with Crippen molar-refractivity contribution in [2.24, 2.45) is 5.92 Å². The maximum atomic E-state index is 8.62. The minimum absolute atomic E-state index is 0.192. The third kappa shape index (κ3) is 4.37. The molecule has 0 saturated heterocycles. The molecule has 0 spiro atoms. The van der Waals surface area contributed by atoms with Gasteiger partial charge in [-0.05, 0) is 12.8 Å². The molecule has 1 atom stereocenters. The molecular formula is C12H18N4O. The molecule has 92 valence electrons. The second-order valence-corrected chi connectivity index (χ2v) is 4.05. The number of anilines is 1. The van der Waals surface area contributed by atoms with Crippen molar-refractivity contribution in [1.29, 1.82) is 5.26 Å². The van der Waals surface area contributed by atoms with Crippen molar-refractivity contribution in [3.8, 4) is 6.07 Å². The van der Waals surface area contributed by atoms with Crippen LogP contribution >= 0.6 is 0 Å². The van der Waals surface area contributed by atoms with Gasteiger partial charge in [0, 0.05) is 6.61 Å². The van der Waals surface area contributed by atoms with Crippen LogP contribution in [0.15, 0.2) is 12.4 Å². The molecule has 1 rings (SSSR count). The average Bonchev–Trinajstić information content (AvgIpc) is 2.35. The third-order valence-corrected chi connectivity index (χ3v) is 2.41. The highest BCUT2D eigenvalue weighted by atomic mass is 16.5. The van der Waals surface area contributed by atoms with E-state index >= 15 is 0 Å². The summed E-state index contributed by atoms with van der Waals surface area (Å²) in [6.07, 6.45) is 3.03. The first-order valence-electron chi connectivity index (χ1n) is 5.73. The number of hydrogen-bond donors (Lipinski definition) is 1. The molecule has 0 fully saturated rings. The number of nitriles is 1. The van der Waals surface area contributed by atoms with E-state index in [1.165, 1.54) is 6.20 Å². The minimum atomic E-state index is 0.192. The van der Waals surface area contributed by atoms with Crippen LogP contribution in [0.4, 0.5) is 5.82 Å². The summed E-state index contributed by atoms with van der Waals surface area (Å²) in [7, 11) is 0. The van der Waals surface area contributed by atoms with Gasteiger partial charge in [0.2, 0.25) is 0 Å². The number of ether oxygens (including phenoxy) is 1. The Morgan fingerprint density at radius 2 is 2.18 bits per heavy atom. The zero-order valence-electron chi connectivity index (χ0n) is 10.5. The first kappa shape index (κ1) is 13.4. The Kier molecular flexibility index (Phi) is 5.37. The maximum absolute atomic E-state index is 8.62. The lowest BCUT2D eigenvalue weighted by Crippen LogP contribution is -2.31. The van der Waals surface area contributed by atoms with Crippen LogP contribution < -0.4 is 5.32 Å². The Labute approximate surface area is 102 Å². The molecule has 5 nitrogen and oxygen atoms in total. The fourth-order valence-corrected chi connectivity index (χ4v) is 1.30. The number of nitrogens with zero attached hydrogens (tertiary/aromatic N) is 3. The summed E-state index contributed by atoms with van der Waals surface area (Å²) < 4.78 is 5.41. The quantitative estimate of drug-likeness (QED) is 0.813. The van der Waals surface area contributed by atoms with E-state index in [0.29, 0.717) is 30.6 Å². The van der Waals surface area contributed by atoms with E-state index in [-0.39, 0.29) is 6.04 Å². The van der Waals surface area contributed by atoms with Gasteiger partial charge in [-0.3, -0.25) is 0 Å². The smallest absolute Gasteiger partial charge is 0.158 e. The van der Waals surface area contributed by atoms with Gasteiger partial charge in [-0.2, -0.15) is 5.26 Å². The highest BCUT2D eigenvalue weighted by Crippen LogP contribution is 2.10.